The standard InChI is InChI=1S/C18H13ClN4OS2/c19-11-4-1-3-10(7-11)16-22-14(24-23-16)8-25-17-15-12-5-2-6-13(12)26-18(15)21-9-20-17/h1,3-4,7,9H,2,5-6,8H2. The van der Waals surface area contributed by atoms with E-state index < -0.39 is 0 Å². The number of hydrogen-bond donors (Lipinski definition) is 0. The molecular formula is C18H13ClN4OS2. The molecule has 3 aromatic heterocycles. The second-order valence-corrected chi connectivity index (χ2v) is 8.51. The molecule has 0 radical (unpaired) electrons. The van der Waals surface area contributed by atoms with Crippen LogP contribution in [0.15, 0.2) is 40.1 Å². The summed E-state index contributed by atoms with van der Waals surface area (Å²) < 4.78 is 5.40. The summed E-state index contributed by atoms with van der Waals surface area (Å²) in [5.41, 5.74) is 2.27. The van der Waals surface area contributed by atoms with Crippen molar-refractivity contribution in [3.63, 3.8) is 0 Å². The first-order valence-electron chi connectivity index (χ1n) is 8.24. The second kappa shape index (κ2) is 6.64. The van der Waals surface area contributed by atoms with E-state index in [1.807, 2.05) is 24.3 Å². The first-order chi connectivity index (χ1) is 12.8. The number of fused-ring (bicyclic) bond motifs is 3. The number of thioether (sulfide) groups is 1. The Labute approximate surface area is 162 Å². The van der Waals surface area contributed by atoms with Crippen LogP contribution in [0.4, 0.5) is 0 Å². The van der Waals surface area contributed by atoms with Crippen molar-refractivity contribution in [2.75, 3.05) is 0 Å². The lowest BCUT2D eigenvalue weighted by Gasteiger charge is -2.01. The van der Waals surface area contributed by atoms with Crippen LogP contribution in [0.5, 0.6) is 0 Å². The van der Waals surface area contributed by atoms with Crippen LogP contribution in [0.2, 0.25) is 5.02 Å². The molecule has 26 heavy (non-hydrogen) atoms. The molecule has 0 saturated heterocycles. The zero-order chi connectivity index (χ0) is 17.5. The summed E-state index contributed by atoms with van der Waals surface area (Å²) >= 11 is 9.45. The molecule has 3 heterocycles. The molecule has 1 aliphatic rings. The van der Waals surface area contributed by atoms with Gasteiger partial charge in [-0.15, -0.1) is 11.3 Å². The molecular weight excluding hydrogens is 388 g/mol. The average molecular weight is 401 g/mol. The Balaban J connectivity index is 1.40. The van der Waals surface area contributed by atoms with E-state index in [0.29, 0.717) is 22.5 Å². The van der Waals surface area contributed by atoms with Crippen molar-refractivity contribution >= 4 is 44.9 Å². The van der Waals surface area contributed by atoms with Gasteiger partial charge in [-0.05, 0) is 37.0 Å². The number of thiophene rings is 1. The van der Waals surface area contributed by atoms with Crippen LogP contribution < -0.4 is 0 Å². The van der Waals surface area contributed by atoms with E-state index in [9.17, 15) is 0 Å². The number of aryl methyl sites for hydroxylation is 2. The van der Waals surface area contributed by atoms with Gasteiger partial charge < -0.3 is 4.52 Å². The van der Waals surface area contributed by atoms with Gasteiger partial charge in [0.05, 0.1) is 5.75 Å². The molecule has 5 nitrogen and oxygen atoms in total. The minimum atomic E-state index is 0.548. The third-order valence-corrected chi connectivity index (χ3v) is 6.76. The molecule has 0 atom stereocenters. The predicted molar refractivity (Wildman–Crippen MR) is 104 cm³/mol. The van der Waals surface area contributed by atoms with Gasteiger partial charge in [0.15, 0.2) is 0 Å². The first kappa shape index (κ1) is 16.2. The van der Waals surface area contributed by atoms with Crippen molar-refractivity contribution in [1.29, 1.82) is 0 Å². The number of benzene rings is 1. The predicted octanol–water partition coefficient (Wildman–Crippen LogP) is 5.18. The van der Waals surface area contributed by atoms with Gasteiger partial charge in [-0.25, -0.2) is 9.97 Å². The average Bonchev–Trinajstić information content (AvgIpc) is 3.35. The van der Waals surface area contributed by atoms with Crippen molar-refractivity contribution in [3.05, 3.63) is 51.9 Å². The summed E-state index contributed by atoms with van der Waals surface area (Å²) in [6.45, 7) is 0. The summed E-state index contributed by atoms with van der Waals surface area (Å²) in [6.07, 6.45) is 5.15. The molecule has 8 heteroatoms. The smallest absolute Gasteiger partial charge is 0.237 e. The number of nitrogens with zero attached hydrogens (tertiary/aromatic N) is 4. The normalized spacial score (nSPS) is 13.4. The quantitative estimate of drug-likeness (QED) is 0.347. The lowest BCUT2D eigenvalue weighted by Crippen LogP contribution is -1.88. The van der Waals surface area contributed by atoms with Gasteiger partial charge in [0.2, 0.25) is 11.7 Å². The minimum absolute atomic E-state index is 0.548. The molecule has 0 aliphatic heterocycles. The Morgan fingerprint density at radius 3 is 3.12 bits per heavy atom. The van der Waals surface area contributed by atoms with Crippen LogP contribution in [0.3, 0.4) is 0 Å². The third-order valence-electron chi connectivity index (χ3n) is 4.35. The van der Waals surface area contributed by atoms with Gasteiger partial charge >= 0.3 is 0 Å². The fourth-order valence-electron chi connectivity index (χ4n) is 3.20. The number of hydrogen-bond acceptors (Lipinski definition) is 7. The molecule has 0 saturated carbocycles. The topological polar surface area (TPSA) is 64.7 Å². The SMILES string of the molecule is Clc1cccc(-c2noc(CSc3ncnc4sc5c(c34)CCC5)n2)c1. The van der Waals surface area contributed by atoms with Crippen molar-refractivity contribution in [2.24, 2.45) is 0 Å². The van der Waals surface area contributed by atoms with Gasteiger partial charge in [-0.3, -0.25) is 0 Å². The van der Waals surface area contributed by atoms with E-state index in [2.05, 4.69) is 20.1 Å². The first-order valence-corrected chi connectivity index (χ1v) is 10.4. The number of halogens is 1. The molecule has 5 rings (SSSR count). The lowest BCUT2D eigenvalue weighted by atomic mass is 10.2. The second-order valence-electron chi connectivity index (χ2n) is 6.03. The summed E-state index contributed by atoms with van der Waals surface area (Å²) in [6, 6.07) is 7.43. The van der Waals surface area contributed by atoms with Gasteiger partial charge in [-0.1, -0.05) is 40.7 Å². The maximum Gasteiger partial charge on any atom is 0.237 e. The van der Waals surface area contributed by atoms with Crippen LogP contribution in [0, 0.1) is 0 Å². The Morgan fingerprint density at radius 1 is 1.23 bits per heavy atom. The number of rotatable bonds is 4. The van der Waals surface area contributed by atoms with Crippen LogP contribution in [-0.2, 0) is 18.6 Å². The Hall–Kier alpha value is -1.96. The van der Waals surface area contributed by atoms with Crippen molar-refractivity contribution in [1.82, 2.24) is 20.1 Å². The molecule has 0 spiro atoms. The monoisotopic (exact) mass is 400 g/mol. The van der Waals surface area contributed by atoms with E-state index in [1.54, 1.807) is 29.4 Å². The van der Waals surface area contributed by atoms with E-state index in [1.165, 1.54) is 22.2 Å². The van der Waals surface area contributed by atoms with E-state index in [0.717, 1.165) is 28.3 Å². The molecule has 0 bridgehead atoms. The highest BCUT2D eigenvalue weighted by atomic mass is 35.5. The van der Waals surface area contributed by atoms with Gasteiger partial charge in [0.25, 0.3) is 0 Å². The largest absolute Gasteiger partial charge is 0.338 e. The fraction of sp³-hybridized carbons (Fsp3) is 0.222. The van der Waals surface area contributed by atoms with Crippen molar-refractivity contribution in [2.45, 2.75) is 30.0 Å². The molecule has 0 unspecified atom stereocenters. The summed E-state index contributed by atoms with van der Waals surface area (Å²) in [5.74, 6) is 1.69. The summed E-state index contributed by atoms with van der Waals surface area (Å²) in [5, 5.41) is 6.92. The van der Waals surface area contributed by atoms with E-state index in [-0.39, 0.29) is 0 Å². The van der Waals surface area contributed by atoms with Crippen molar-refractivity contribution in [3.8, 4) is 11.4 Å². The maximum atomic E-state index is 6.03. The third kappa shape index (κ3) is 2.90. The number of aromatic nitrogens is 4. The van der Waals surface area contributed by atoms with Crippen LogP contribution in [0.1, 0.15) is 22.8 Å². The highest BCUT2D eigenvalue weighted by Gasteiger charge is 2.21. The van der Waals surface area contributed by atoms with E-state index in [4.69, 9.17) is 16.1 Å². The molecule has 0 N–H and O–H groups in total. The lowest BCUT2D eigenvalue weighted by molar-refractivity contribution is 0.391. The van der Waals surface area contributed by atoms with Crippen LogP contribution in [0.25, 0.3) is 21.6 Å². The Bertz CT molecular complexity index is 1110. The van der Waals surface area contributed by atoms with Crippen LogP contribution in [-0.4, -0.2) is 20.1 Å². The fourth-order valence-corrected chi connectivity index (χ4v) is 5.54. The van der Waals surface area contributed by atoms with Crippen molar-refractivity contribution < 1.29 is 4.52 Å². The molecule has 0 amide bonds. The zero-order valence-electron chi connectivity index (χ0n) is 13.6. The molecule has 4 aromatic rings. The highest BCUT2D eigenvalue weighted by Crippen LogP contribution is 2.40. The van der Waals surface area contributed by atoms with Gasteiger partial charge in [-0.2, -0.15) is 4.98 Å². The molecule has 130 valence electrons. The highest BCUT2D eigenvalue weighted by molar-refractivity contribution is 7.98. The summed E-state index contributed by atoms with van der Waals surface area (Å²) in [4.78, 5) is 16.0. The minimum Gasteiger partial charge on any atom is -0.338 e. The van der Waals surface area contributed by atoms with Gasteiger partial charge in [0.1, 0.15) is 16.2 Å². The van der Waals surface area contributed by atoms with Crippen LogP contribution >= 0.6 is 34.7 Å². The Morgan fingerprint density at radius 2 is 2.19 bits per heavy atom. The van der Waals surface area contributed by atoms with E-state index >= 15 is 0 Å². The molecule has 1 aliphatic carbocycles. The molecule has 1 aromatic carbocycles. The van der Waals surface area contributed by atoms with Gasteiger partial charge in [0, 0.05) is 20.8 Å². The zero-order valence-corrected chi connectivity index (χ0v) is 16.0. The summed E-state index contributed by atoms with van der Waals surface area (Å²) in [7, 11) is 0. The Kier molecular flexibility index (Phi) is 4.15. The molecule has 0 fully saturated rings. The maximum absolute atomic E-state index is 6.03.